The molecule has 94 valence electrons. The Hall–Kier alpha value is -1.42. The van der Waals surface area contributed by atoms with Crippen molar-refractivity contribution >= 4 is 5.69 Å². The minimum Gasteiger partial charge on any atom is -0.310 e. The zero-order valence-electron chi connectivity index (χ0n) is 10.6. The Morgan fingerprint density at radius 1 is 1.29 bits per heavy atom. The predicted molar refractivity (Wildman–Crippen MR) is 69.0 cm³/mol. The molecule has 0 bridgehead atoms. The number of nitro benzene ring substituents is 1. The van der Waals surface area contributed by atoms with Crippen LogP contribution in [-0.2, 0) is 0 Å². The van der Waals surface area contributed by atoms with Gasteiger partial charge in [0.1, 0.15) is 0 Å². The van der Waals surface area contributed by atoms with E-state index in [1.54, 1.807) is 12.1 Å². The van der Waals surface area contributed by atoms with Gasteiger partial charge in [-0.2, -0.15) is 0 Å². The monoisotopic (exact) mass is 236 g/mol. The largest absolute Gasteiger partial charge is 0.310 e. The normalized spacial score (nSPS) is 14.3. The summed E-state index contributed by atoms with van der Waals surface area (Å²) in [7, 11) is 0. The van der Waals surface area contributed by atoms with Crippen molar-refractivity contribution in [3.63, 3.8) is 0 Å². The summed E-state index contributed by atoms with van der Waals surface area (Å²) in [4.78, 5) is 10.2. The van der Waals surface area contributed by atoms with E-state index in [-0.39, 0.29) is 16.7 Å². The first-order valence-corrected chi connectivity index (χ1v) is 6.02. The van der Waals surface area contributed by atoms with E-state index < -0.39 is 0 Å². The Morgan fingerprint density at radius 2 is 1.88 bits per heavy atom. The minimum absolute atomic E-state index is 0.142. The van der Waals surface area contributed by atoms with Crippen molar-refractivity contribution < 1.29 is 4.92 Å². The Kier molecular flexibility index (Phi) is 5.10. The summed E-state index contributed by atoms with van der Waals surface area (Å²) in [6.45, 7) is 7.41. The second-order valence-electron chi connectivity index (χ2n) is 4.49. The molecule has 0 saturated heterocycles. The van der Waals surface area contributed by atoms with Crippen molar-refractivity contribution in [2.75, 3.05) is 6.54 Å². The molecule has 2 atom stereocenters. The van der Waals surface area contributed by atoms with Crippen LogP contribution in [0.3, 0.4) is 0 Å². The summed E-state index contributed by atoms with van der Waals surface area (Å²) in [5.41, 5.74) is 1.22. The zero-order valence-corrected chi connectivity index (χ0v) is 10.6. The second-order valence-corrected chi connectivity index (χ2v) is 4.49. The molecule has 1 aromatic rings. The molecule has 0 fully saturated rings. The fraction of sp³-hybridized carbons (Fsp3) is 0.538. The van der Waals surface area contributed by atoms with Crippen LogP contribution in [0.2, 0.25) is 0 Å². The lowest BCUT2D eigenvalue weighted by Crippen LogP contribution is -2.24. The fourth-order valence-electron chi connectivity index (χ4n) is 1.52. The van der Waals surface area contributed by atoms with Crippen LogP contribution in [0.5, 0.6) is 0 Å². The lowest BCUT2D eigenvalue weighted by Gasteiger charge is -2.17. The van der Waals surface area contributed by atoms with E-state index in [4.69, 9.17) is 0 Å². The number of hydrogen-bond donors (Lipinski definition) is 1. The van der Waals surface area contributed by atoms with E-state index in [9.17, 15) is 10.1 Å². The maximum absolute atomic E-state index is 10.5. The van der Waals surface area contributed by atoms with E-state index in [0.29, 0.717) is 5.92 Å². The molecule has 0 amide bonds. The van der Waals surface area contributed by atoms with Gasteiger partial charge < -0.3 is 5.32 Å². The molecule has 4 nitrogen and oxygen atoms in total. The molecular formula is C13H20N2O2. The number of nitrogens with zero attached hydrogens (tertiary/aromatic N) is 1. The van der Waals surface area contributed by atoms with Gasteiger partial charge in [0.2, 0.25) is 0 Å². The SMILES string of the molecule is CCC(C)CN[C@H](C)c1ccc([N+](=O)[O-])cc1. The van der Waals surface area contributed by atoms with Gasteiger partial charge in [0, 0.05) is 18.2 Å². The van der Waals surface area contributed by atoms with Crippen LogP contribution < -0.4 is 5.32 Å². The molecule has 17 heavy (non-hydrogen) atoms. The topological polar surface area (TPSA) is 55.2 Å². The Bertz CT molecular complexity index is 362. The zero-order chi connectivity index (χ0) is 12.8. The van der Waals surface area contributed by atoms with E-state index in [1.807, 2.05) is 12.1 Å². The molecule has 0 aromatic heterocycles. The average molecular weight is 236 g/mol. The van der Waals surface area contributed by atoms with Gasteiger partial charge in [-0.15, -0.1) is 0 Å². The quantitative estimate of drug-likeness (QED) is 0.609. The number of benzene rings is 1. The minimum atomic E-state index is -0.374. The maximum atomic E-state index is 10.5. The maximum Gasteiger partial charge on any atom is 0.269 e. The van der Waals surface area contributed by atoms with E-state index in [2.05, 4.69) is 26.1 Å². The number of non-ortho nitro benzene ring substituents is 1. The first kappa shape index (κ1) is 13.6. The summed E-state index contributed by atoms with van der Waals surface area (Å²) < 4.78 is 0. The number of nitrogens with one attached hydrogen (secondary N) is 1. The Morgan fingerprint density at radius 3 is 2.35 bits per heavy atom. The van der Waals surface area contributed by atoms with Crippen LogP contribution in [0.1, 0.15) is 38.8 Å². The van der Waals surface area contributed by atoms with Crippen molar-refractivity contribution in [3.8, 4) is 0 Å². The van der Waals surface area contributed by atoms with Crippen LogP contribution in [-0.4, -0.2) is 11.5 Å². The van der Waals surface area contributed by atoms with Gasteiger partial charge in [-0.25, -0.2) is 0 Å². The molecule has 0 heterocycles. The summed E-state index contributed by atoms with van der Waals surface area (Å²) in [5, 5.41) is 14.0. The standard InChI is InChI=1S/C13H20N2O2/c1-4-10(2)9-14-11(3)12-5-7-13(8-6-12)15(16)17/h5-8,10-11,14H,4,9H2,1-3H3/t10?,11-/m1/s1. The lowest BCUT2D eigenvalue weighted by atomic mass is 10.1. The highest BCUT2D eigenvalue weighted by molar-refractivity contribution is 5.33. The predicted octanol–water partition coefficient (Wildman–Crippen LogP) is 3.29. The Labute approximate surface area is 102 Å². The molecule has 1 unspecified atom stereocenters. The molecule has 0 spiro atoms. The molecule has 0 aliphatic heterocycles. The third-order valence-corrected chi connectivity index (χ3v) is 3.07. The van der Waals surface area contributed by atoms with Gasteiger partial charge in [0.05, 0.1) is 4.92 Å². The number of rotatable bonds is 6. The van der Waals surface area contributed by atoms with Crippen LogP contribution in [0, 0.1) is 16.0 Å². The summed E-state index contributed by atoms with van der Waals surface area (Å²) in [6.07, 6.45) is 1.15. The van der Waals surface area contributed by atoms with Gasteiger partial charge in [-0.05, 0) is 24.9 Å². The highest BCUT2D eigenvalue weighted by Gasteiger charge is 2.09. The first-order chi connectivity index (χ1) is 8.04. The van der Waals surface area contributed by atoms with Gasteiger partial charge in [0.25, 0.3) is 5.69 Å². The van der Waals surface area contributed by atoms with E-state index in [0.717, 1.165) is 18.5 Å². The molecule has 1 N–H and O–H groups in total. The highest BCUT2D eigenvalue weighted by Crippen LogP contribution is 2.17. The van der Waals surface area contributed by atoms with Crippen LogP contribution >= 0.6 is 0 Å². The molecular weight excluding hydrogens is 216 g/mol. The van der Waals surface area contributed by atoms with E-state index >= 15 is 0 Å². The third-order valence-electron chi connectivity index (χ3n) is 3.07. The molecule has 0 aliphatic rings. The van der Waals surface area contributed by atoms with Gasteiger partial charge in [0.15, 0.2) is 0 Å². The summed E-state index contributed by atoms with van der Waals surface area (Å²) in [6, 6.07) is 6.96. The van der Waals surface area contributed by atoms with Crippen LogP contribution in [0.25, 0.3) is 0 Å². The Balaban J connectivity index is 2.57. The third kappa shape index (κ3) is 4.15. The van der Waals surface area contributed by atoms with E-state index in [1.165, 1.54) is 0 Å². The smallest absolute Gasteiger partial charge is 0.269 e. The van der Waals surface area contributed by atoms with Crippen molar-refractivity contribution in [2.45, 2.75) is 33.2 Å². The van der Waals surface area contributed by atoms with Crippen molar-refractivity contribution in [2.24, 2.45) is 5.92 Å². The molecule has 0 aliphatic carbocycles. The average Bonchev–Trinajstić information content (AvgIpc) is 2.35. The van der Waals surface area contributed by atoms with Crippen LogP contribution in [0.15, 0.2) is 24.3 Å². The molecule has 0 radical (unpaired) electrons. The molecule has 0 saturated carbocycles. The molecule has 1 rings (SSSR count). The number of nitro groups is 1. The lowest BCUT2D eigenvalue weighted by molar-refractivity contribution is -0.384. The summed E-state index contributed by atoms with van der Waals surface area (Å²) >= 11 is 0. The van der Waals surface area contributed by atoms with Crippen molar-refractivity contribution in [1.29, 1.82) is 0 Å². The molecule has 1 aromatic carbocycles. The van der Waals surface area contributed by atoms with Gasteiger partial charge >= 0.3 is 0 Å². The van der Waals surface area contributed by atoms with Gasteiger partial charge in [-0.3, -0.25) is 10.1 Å². The van der Waals surface area contributed by atoms with Crippen molar-refractivity contribution in [1.82, 2.24) is 5.32 Å². The van der Waals surface area contributed by atoms with Crippen LogP contribution in [0.4, 0.5) is 5.69 Å². The first-order valence-electron chi connectivity index (χ1n) is 6.02. The van der Waals surface area contributed by atoms with Crippen molar-refractivity contribution in [3.05, 3.63) is 39.9 Å². The summed E-state index contributed by atoms with van der Waals surface area (Å²) in [5.74, 6) is 0.649. The molecule has 4 heteroatoms. The van der Waals surface area contributed by atoms with Gasteiger partial charge in [-0.1, -0.05) is 32.4 Å². The fourth-order valence-corrected chi connectivity index (χ4v) is 1.52. The number of hydrogen-bond acceptors (Lipinski definition) is 3. The second kappa shape index (κ2) is 6.35. The highest BCUT2D eigenvalue weighted by atomic mass is 16.6.